The molecule has 162 valence electrons. The Labute approximate surface area is 182 Å². The molecule has 2 aliphatic rings. The van der Waals surface area contributed by atoms with Gasteiger partial charge < -0.3 is 5.32 Å². The minimum absolute atomic E-state index is 0.0972. The van der Waals surface area contributed by atoms with Gasteiger partial charge in [0.05, 0.1) is 4.90 Å². The Bertz CT molecular complexity index is 1010. The highest BCUT2D eigenvalue weighted by Crippen LogP contribution is 2.29. The molecule has 1 saturated heterocycles. The maximum absolute atomic E-state index is 13.1. The minimum atomic E-state index is -3.53. The van der Waals surface area contributed by atoms with Gasteiger partial charge in [0, 0.05) is 25.4 Å². The summed E-state index contributed by atoms with van der Waals surface area (Å²) in [6.45, 7) is 2.79. The normalized spacial score (nSPS) is 18.2. The van der Waals surface area contributed by atoms with Crippen LogP contribution in [0.2, 0.25) is 0 Å². The molecule has 1 fully saturated rings. The first-order valence-corrected chi connectivity index (χ1v) is 13.0. The van der Waals surface area contributed by atoms with E-state index in [1.807, 2.05) is 12.1 Å². The number of aromatic nitrogens is 2. The van der Waals surface area contributed by atoms with Crippen LogP contribution in [0.4, 0.5) is 5.13 Å². The van der Waals surface area contributed by atoms with Gasteiger partial charge in [0.25, 0.3) is 0 Å². The van der Waals surface area contributed by atoms with Crippen LogP contribution in [0.25, 0.3) is 0 Å². The molecule has 1 aromatic carbocycles. The van der Waals surface area contributed by atoms with Crippen molar-refractivity contribution < 1.29 is 13.2 Å². The first-order valence-electron chi connectivity index (χ1n) is 10.7. The van der Waals surface area contributed by atoms with Crippen molar-refractivity contribution in [1.29, 1.82) is 0 Å². The van der Waals surface area contributed by atoms with Crippen molar-refractivity contribution in [3.63, 3.8) is 0 Å². The minimum Gasteiger partial charge on any atom is -0.300 e. The van der Waals surface area contributed by atoms with E-state index in [2.05, 4.69) is 22.4 Å². The Hall–Kier alpha value is -1.84. The van der Waals surface area contributed by atoms with Crippen LogP contribution >= 0.6 is 11.3 Å². The van der Waals surface area contributed by atoms with E-state index in [0.717, 1.165) is 42.7 Å². The van der Waals surface area contributed by atoms with Crippen LogP contribution in [-0.2, 0) is 34.1 Å². The molecular formula is C21H28N4O3S2. The Balaban J connectivity index is 1.36. The number of amides is 1. The number of sulfonamides is 1. The number of anilines is 1. The van der Waals surface area contributed by atoms with E-state index >= 15 is 0 Å². The third-order valence-electron chi connectivity index (χ3n) is 5.94. The lowest BCUT2D eigenvalue weighted by Crippen LogP contribution is -2.41. The first kappa shape index (κ1) is 21.4. The lowest BCUT2D eigenvalue weighted by molar-refractivity contribution is -0.120. The zero-order chi connectivity index (χ0) is 21.1. The lowest BCUT2D eigenvalue weighted by atomic mass is 9.92. The summed E-state index contributed by atoms with van der Waals surface area (Å²) in [6, 6.07) is 5.56. The molecule has 1 N–H and O–H groups in total. The molecule has 7 nitrogen and oxygen atoms in total. The van der Waals surface area contributed by atoms with Gasteiger partial charge in [0.15, 0.2) is 0 Å². The van der Waals surface area contributed by atoms with Gasteiger partial charge in [-0.15, -0.1) is 10.2 Å². The van der Waals surface area contributed by atoms with Crippen LogP contribution in [0.1, 0.15) is 55.2 Å². The number of benzene rings is 1. The first-order chi connectivity index (χ1) is 14.5. The highest BCUT2D eigenvalue weighted by Gasteiger charge is 2.32. The van der Waals surface area contributed by atoms with Crippen molar-refractivity contribution in [2.24, 2.45) is 5.92 Å². The van der Waals surface area contributed by atoms with Gasteiger partial charge in [-0.3, -0.25) is 4.79 Å². The number of carbonyl (C=O) groups excluding carboxylic acids is 1. The van der Waals surface area contributed by atoms with E-state index in [9.17, 15) is 13.2 Å². The Morgan fingerprint density at radius 2 is 1.90 bits per heavy atom. The zero-order valence-electron chi connectivity index (χ0n) is 17.3. The van der Waals surface area contributed by atoms with Crippen molar-refractivity contribution in [1.82, 2.24) is 14.5 Å². The van der Waals surface area contributed by atoms with Gasteiger partial charge in [-0.05, 0) is 68.2 Å². The second kappa shape index (κ2) is 9.11. The average Bonchev–Trinajstić information content (AvgIpc) is 3.20. The van der Waals surface area contributed by atoms with Gasteiger partial charge in [0.1, 0.15) is 5.01 Å². The molecule has 9 heteroatoms. The number of fused-ring (bicyclic) bond motifs is 1. The van der Waals surface area contributed by atoms with Crippen molar-refractivity contribution in [3.8, 4) is 0 Å². The van der Waals surface area contributed by atoms with Crippen molar-refractivity contribution >= 4 is 32.4 Å². The number of hydrogen-bond donors (Lipinski definition) is 1. The van der Waals surface area contributed by atoms with E-state index < -0.39 is 10.0 Å². The van der Waals surface area contributed by atoms with E-state index in [1.54, 1.807) is 6.07 Å². The largest absolute Gasteiger partial charge is 0.300 e. The second-order valence-corrected chi connectivity index (χ2v) is 11.1. The predicted octanol–water partition coefficient (Wildman–Crippen LogP) is 3.41. The smallest absolute Gasteiger partial charge is 0.243 e. The molecule has 2 aromatic rings. The maximum Gasteiger partial charge on any atom is 0.243 e. The highest BCUT2D eigenvalue weighted by atomic mass is 32.2. The molecule has 0 spiro atoms. The van der Waals surface area contributed by atoms with E-state index in [-0.39, 0.29) is 11.8 Å². The fourth-order valence-electron chi connectivity index (χ4n) is 4.20. The van der Waals surface area contributed by atoms with Crippen LogP contribution in [-0.4, -0.2) is 41.9 Å². The number of carbonyl (C=O) groups is 1. The SMILES string of the molecule is CCCc1nnc(NC(=O)C2CCN(S(=O)(=O)c3ccc4c(c3)CCCC4)CC2)s1. The van der Waals surface area contributed by atoms with Crippen LogP contribution in [0, 0.1) is 5.92 Å². The van der Waals surface area contributed by atoms with Gasteiger partial charge in [-0.25, -0.2) is 8.42 Å². The molecule has 0 saturated carbocycles. The summed E-state index contributed by atoms with van der Waals surface area (Å²) < 4.78 is 27.7. The fourth-order valence-corrected chi connectivity index (χ4v) is 6.57. The second-order valence-electron chi connectivity index (χ2n) is 8.06. The monoisotopic (exact) mass is 448 g/mol. The molecule has 0 unspecified atom stereocenters. The van der Waals surface area contributed by atoms with E-state index in [4.69, 9.17) is 0 Å². The molecule has 1 aliphatic heterocycles. The lowest BCUT2D eigenvalue weighted by Gasteiger charge is -2.30. The summed E-state index contributed by atoms with van der Waals surface area (Å²) in [7, 11) is -3.53. The van der Waals surface area contributed by atoms with Gasteiger partial charge >= 0.3 is 0 Å². The number of nitrogens with one attached hydrogen (secondary N) is 1. The Kier molecular flexibility index (Phi) is 6.50. The molecule has 0 bridgehead atoms. The summed E-state index contributed by atoms with van der Waals surface area (Å²) in [5.41, 5.74) is 2.44. The predicted molar refractivity (Wildman–Crippen MR) is 117 cm³/mol. The zero-order valence-corrected chi connectivity index (χ0v) is 18.9. The fraction of sp³-hybridized carbons (Fsp3) is 0.571. The summed E-state index contributed by atoms with van der Waals surface area (Å²) in [5, 5.41) is 12.4. The van der Waals surface area contributed by atoms with Crippen LogP contribution in [0.3, 0.4) is 0 Å². The Morgan fingerprint density at radius 1 is 1.17 bits per heavy atom. The van der Waals surface area contributed by atoms with Crippen LogP contribution in [0.15, 0.2) is 23.1 Å². The molecule has 4 rings (SSSR count). The number of piperidine rings is 1. The quantitative estimate of drug-likeness (QED) is 0.731. The summed E-state index contributed by atoms with van der Waals surface area (Å²) in [4.78, 5) is 13.0. The number of hydrogen-bond acceptors (Lipinski definition) is 6. The van der Waals surface area contributed by atoms with Crippen molar-refractivity contribution in [2.45, 2.75) is 63.2 Å². The molecule has 2 heterocycles. The summed E-state index contributed by atoms with van der Waals surface area (Å²) in [5.74, 6) is -0.307. The molecule has 0 atom stereocenters. The van der Waals surface area contributed by atoms with Gasteiger partial charge in [0.2, 0.25) is 21.1 Å². The van der Waals surface area contributed by atoms with Crippen LogP contribution < -0.4 is 5.32 Å². The number of nitrogens with zero attached hydrogens (tertiary/aromatic N) is 3. The van der Waals surface area contributed by atoms with Gasteiger partial charge in [-0.1, -0.05) is 24.3 Å². The van der Waals surface area contributed by atoms with E-state index in [1.165, 1.54) is 27.6 Å². The number of rotatable bonds is 6. The molecule has 1 amide bonds. The van der Waals surface area contributed by atoms with Crippen LogP contribution in [0.5, 0.6) is 0 Å². The number of aryl methyl sites for hydroxylation is 3. The molecule has 1 aromatic heterocycles. The topological polar surface area (TPSA) is 92.3 Å². The molecule has 1 aliphatic carbocycles. The summed E-state index contributed by atoms with van der Waals surface area (Å²) >= 11 is 1.40. The maximum atomic E-state index is 13.1. The molecular weight excluding hydrogens is 420 g/mol. The van der Waals surface area contributed by atoms with E-state index in [0.29, 0.717) is 36.0 Å². The highest BCUT2D eigenvalue weighted by molar-refractivity contribution is 7.89. The average molecular weight is 449 g/mol. The van der Waals surface area contributed by atoms with Crippen molar-refractivity contribution in [3.05, 3.63) is 34.3 Å². The third-order valence-corrected chi connectivity index (χ3v) is 8.74. The van der Waals surface area contributed by atoms with Crippen molar-refractivity contribution in [2.75, 3.05) is 18.4 Å². The van der Waals surface area contributed by atoms with Gasteiger partial charge in [-0.2, -0.15) is 4.31 Å². The summed E-state index contributed by atoms with van der Waals surface area (Å²) in [6.07, 6.45) is 7.13. The molecule has 30 heavy (non-hydrogen) atoms. The third kappa shape index (κ3) is 4.58. The molecule has 0 radical (unpaired) electrons. The standard InChI is InChI=1S/C21H28N4O3S2/c1-2-5-19-23-24-21(29-19)22-20(26)16-10-12-25(13-11-16)30(27,28)18-9-8-15-6-3-4-7-17(15)14-18/h8-9,14,16H,2-7,10-13H2,1H3,(H,22,24,26). The Morgan fingerprint density at radius 3 is 2.63 bits per heavy atom.